The Hall–Kier alpha value is -1.35. The molecular weight excluding hydrogens is 320 g/mol. The Bertz CT molecular complexity index is 662. The van der Waals surface area contributed by atoms with Crippen molar-refractivity contribution >= 4 is 5.91 Å². The van der Waals surface area contributed by atoms with Crippen LogP contribution in [0, 0.1) is 23.2 Å². The Morgan fingerprint density at radius 2 is 1.73 bits per heavy atom. The molecule has 26 heavy (non-hydrogen) atoms. The maximum Gasteiger partial charge on any atom is 0.275 e. The summed E-state index contributed by atoms with van der Waals surface area (Å²) in [5, 5.41) is 3.45. The smallest absolute Gasteiger partial charge is 0.275 e. The number of carbonyl (C=O) groups is 1. The van der Waals surface area contributed by atoms with E-state index in [2.05, 4.69) is 36.5 Å². The summed E-state index contributed by atoms with van der Waals surface area (Å²) in [6, 6.07) is 9.06. The number of quaternary nitrogens is 1. The van der Waals surface area contributed by atoms with Gasteiger partial charge < -0.3 is 10.2 Å². The van der Waals surface area contributed by atoms with Crippen molar-refractivity contribution in [3.8, 4) is 0 Å². The summed E-state index contributed by atoms with van der Waals surface area (Å²) in [6.45, 7) is 5.00. The van der Waals surface area contributed by atoms with Gasteiger partial charge in [0.15, 0.2) is 6.54 Å². The van der Waals surface area contributed by atoms with Gasteiger partial charge in [-0.2, -0.15) is 0 Å². The SMILES string of the molecule is C[C@H](NC(=O)C[NH+]1CCc2ccccc2C1)C12CC3CC(CC(C3)C1)C2. The first-order chi connectivity index (χ1) is 12.6. The molecule has 3 nitrogen and oxygen atoms in total. The summed E-state index contributed by atoms with van der Waals surface area (Å²) in [6.07, 6.45) is 9.61. The van der Waals surface area contributed by atoms with Gasteiger partial charge in [0.25, 0.3) is 5.91 Å². The third-order valence-electron chi connectivity index (χ3n) is 8.10. The second-order valence-electron chi connectivity index (χ2n) is 9.94. The highest BCUT2D eigenvalue weighted by Gasteiger charge is 2.53. The number of amides is 1. The van der Waals surface area contributed by atoms with Gasteiger partial charge in [0.05, 0.1) is 6.54 Å². The Kier molecular flexibility index (Phi) is 4.11. The summed E-state index contributed by atoms with van der Waals surface area (Å²) < 4.78 is 0. The Labute approximate surface area is 157 Å². The van der Waals surface area contributed by atoms with Crippen molar-refractivity contribution in [3.63, 3.8) is 0 Å². The lowest BCUT2D eigenvalue weighted by atomic mass is 9.48. The highest BCUT2D eigenvalue weighted by Crippen LogP contribution is 2.61. The number of carbonyl (C=O) groups excluding carboxylic acids is 1. The van der Waals surface area contributed by atoms with Crippen LogP contribution >= 0.6 is 0 Å². The van der Waals surface area contributed by atoms with Crippen LogP contribution in [0.3, 0.4) is 0 Å². The zero-order valence-corrected chi connectivity index (χ0v) is 16.1. The summed E-state index contributed by atoms with van der Waals surface area (Å²) >= 11 is 0. The number of rotatable bonds is 4. The fourth-order valence-electron chi connectivity index (χ4n) is 7.17. The first-order valence-electron chi connectivity index (χ1n) is 10.8. The quantitative estimate of drug-likeness (QED) is 0.856. The number of nitrogens with one attached hydrogen (secondary N) is 2. The van der Waals surface area contributed by atoms with Gasteiger partial charge in [0.2, 0.25) is 0 Å². The van der Waals surface area contributed by atoms with Gasteiger partial charge in [-0.05, 0) is 74.2 Å². The first kappa shape index (κ1) is 16.8. The lowest BCUT2D eigenvalue weighted by Crippen LogP contribution is -3.13. The molecule has 6 rings (SSSR count). The summed E-state index contributed by atoms with van der Waals surface area (Å²) in [5.41, 5.74) is 3.31. The van der Waals surface area contributed by atoms with Crippen LogP contribution in [0.15, 0.2) is 24.3 Å². The normalized spacial score (nSPS) is 38.7. The van der Waals surface area contributed by atoms with Crippen LogP contribution in [0.2, 0.25) is 0 Å². The molecule has 0 radical (unpaired) electrons. The minimum Gasteiger partial charge on any atom is -0.348 e. The molecule has 4 bridgehead atoms. The Balaban J connectivity index is 1.20. The van der Waals surface area contributed by atoms with E-state index in [9.17, 15) is 4.79 Å². The number of fused-ring (bicyclic) bond motifs is 1. The molecule has 0 spiro atoms. The van der Waals surface area contributed by atoms with Crippen LogP contribution in [-0.2, 0) is 17.8 Å². The zero-order valence-electron chi connectivity index (χ0n) is 16.1. The van der Waals surface area contributed by atoms with Crippen molar-refractivity contribution in [2.75, 3.05) is 13.1 Å². The van der Waals surface area contributed by atoms with Crippen LogP contribution in [0.5, 0.6) is 0 Å². The Morgan fingerprint density at radius 3 is 2.38 bits per heavy atom. The van der Waals surface area contributed by atoms with Crippen molar-refractivity contribution in [1.82, 2.24) is 5.32 Å². The maximum atomic E-state index is 12.8. The summed E-state index contributed by atoms with van der Waals surface area (Å²) in [7, 11) is 0. The first-order valence-corrected chi connectivity index (χ1v) is 10.8. The standard InChI is InChI=1S/C23H32N2O/c1-16(23-11-17-8-18(12-23)10-19(9-17)13-23)24-22(26)15-25-7-6-20-4-2-3-5-21(20)14-25/h2-5,16-19H,6-15H2,1H3,(H,24,26)/p+1/t16-,17?,18?,19?,23?/m0/s1. The van der Waals surface area contributed by atoms with Crippen molar-refractivity contribution in [2.24, 2.45) is 23.2 Å². The van der Waals surface area contributed by atoms with E-state index >= 15 is 0 Å². The molecule has 0 aromatic heterocycles. The predicted molar refractivity (Wildman–Crippen MR) is 103 cm³/mol. The monoisotopic (exact) mass is 353 g/mol. The van der Waals surface area contributed by atoms with E-state index in [0.717, 1.165) is 37.3 Å². The second-order valence-corrected chi connectivity index (χ2v) is 9.94. The molecule has 3 heteroatoms. The largest absolute Gasteiger partial charge is 0.348 e. The van der Waals surface area contributed by atoms with Crippen molar-refractivity contribution < 1.29 is 9.69 Å². The van der Waals surface area contributed by atoms with Gasteiger partial charge in [-0.3, -0.25) is 4.79 Å². The molecule has 140 valence electrons. The van der Waals surface area contributed by atoms with Gasteiger partial charge in [-0.15, -0.1) is 0 Å². The van der Waals surface area contributed by atoms with Crippen LogP contribution in [0.25, 0.3) is 0 Å². The van der Waals surface area contributed by atoms with E-state index in [0.29, 0.717) is 18.0 Å². The molecule has 4 fully saturated rings. The van der Waals surface area contributed by atoms with E-state index in [1.54, 1.807) is 0 Å². The van der Waals surface area contributed by atoms with Crippen molar-refractivity contribution in [2.45, 2.75) is 64.5 Å². The molecule has 1 aromatic rings. The molecule has 1 amide bonds. The highest BCUT2D eigenvalue weighted by atomic mass is 16.2. The number of hydrogen-bond donors (Lipinski definition) is 2. The zero-order chi connectivity index (χ0) is 17.7. The molecule has 0 saturated heterocycles. The third kappa shape index (κ3) is 2.98. The predicted octanol–water partition coefficient (Wildman–Crippen LogP) is 2.35. The topological polar surface area (TPSA) is 33.5 Å². The molecule has 5 aliphatic rings. The van der Waals surface area contributed by atoms with E-state index < -0.39 is 0 Å². The van der Waals surface area contributed by atoms with E-state index in [1.807, 2.05) is 0 Å². The summed E-state index contributed by atoms with van der Waals surface area (Å²) in [5.74, 6) is 3.11. The lowest BCUT2D eigenvalue weighted by molar-refractivity contribution is -0.908. The van der Waals surface area contributed by atoms with Crippen molar-refractivity contribution in [3.05, 3.63) is 35.4 Å². The minimum absolute atomic E-state index is 0.266. The van der Waals surface area contributed by atoms with Gasteiger partial charge in [-0.25, -0.2) is 0 Å². The fraction of sp³-hybridized carbons (Fsp3) is 0.696. The summed E-state index contributed by atoms with van der Waals surface area (Å²) in [4.78, 5) is 14.2. The molecule has 2 atom stereocenters. The van der Waals surface area contributed by atoms with E-state index in [4.69, 9.17) is 0 Å². The number of benzene rings is 1. The maximum absolute atomic E-state index is 12.8. The molecule has 1 heterocycles. The van der Waals surface area contributed by atoms with Gasteiger partial charge in [-0.1, -0.05) is 24.3 Å². The Morgan fingerprint density at radius 1 is 1.12 bits per heavy atom. The van der Waals surface area contributed by atoms with Crippen LogP contribution in [-0.4, -0.2) is 25.0 Å². The molecule has 4 aliphatic carbocycles. The lowest BCUT2D eigenvalue weighted by Gasteiger charge is -2.59. The molecule has 1 aliphatic heterocycles. The average Bonchev–Trinajstić information content (AvgIpc) is 2.60. The van der Waals surface area contributed by atoms with Gasteiger partial charge >= 0.3 is 0 Å². The molecule has 1 aromatic carbocycles. The second kappa shape index (κ2) is 6.37. The third-order valence-corrected chi connectivity index (χ3v) is 8.10. The minimum atomic E-state index is 0.266. The average molecular weight is 354 g/mol. The fourth-order valence-corrected chi connectivity index (χ4v) is 7.17. The molecule has 2 N–H and O–H groups in total. The highest BCUT2D eigenvalue weighted by molar-refractivity contribution is 5.77. The van der Waals surface area contributed by atoms with Crippen LogP contribution < -0.4 is 10.2 Å². The van der Waals surface area contributed by atoms with E-state index in [1.165, 1.54) is 54.6 Å². The van der Waals surface area contributed by atoms with Crippen LogP contribution in [0.1, 0.15) is 56.6 Å². The van der Waals surface area contributed by atoms with E-state index in [-0.39, 0.29) is 5.91 Å². The van der Waals surface area contributed by atoms with Gasteiger partial charge in [0.1, 0.15) is 6.54 Å². The molecule has 1 unspecified atom stereocenters. The molecule has 4 saturated carbocycles. The van der Waals surface area contributed by atoms with Crippen molar-refractivity contribution in [1.29, 1.82) is 0 Å². The number of hydrogen-bond acceptors (Lipinski definition) is 1. The van der Waals surface area contributed by atoms with Crippen LogP contribution in [0.4, 0.5) is 0 Å². The van der Waals surface area contributed by atoms with Gasteiger partial charge in [0, 0.05) is 18.0 Å². The molecular formula is C23H33N2O+.